The van der Waals surface area contributed by atoms with Crippen molar-refractivity contribution in [2.45, 2.75) is 6.92 Å². The molecule has 0 bridgehead atoms. The third-order valence-corrected chi connectivity index (χ3v) is 1.89. The molecule has 1 N–H and O–H groups in total. The van der Waals surface area contributed by atoms with Gasteiger partial charge < -0.3 is 4.74 Å². The van der Waals surface area contributed by atoms with Crippen molar-refractivity contribution < 1.29 is 4.74 Å². The highest BCUT2D eigenvalue weighted by Gasteiger charge is 2.05. The number of benzene rings is 1. The van der Waals surface area contributed by atoms with Gasteiger partial charge in [-0.1, -0.05) is 17.7 Å². The van der Waals surface area contributed by atoms with Gasteiger partial charge in [0.1, 0.15) is 0 Å². The topological polar surface area (TPSA) is 33.1 Å². The largest absolute Gasteiger partial charge is 0.481 e. The van der Waals surface area contributed by atoms with Gasteiger partial charge in [-0.25, -0.2) is 0 Å². The summed E-state index contributed by atoms with van der Waals surface area (Å²) in [6, 6.07) is 5.49. The van der Waals surface area contributed by atoms with Crippen molar-refractivity contribution >= 4 is 17.5 Å². The summed E-state index contributed by atoms with van der Waals surface area (Å²) < 4.78 is 4.76. The minimum absolute atomic E-state index is 0.0972. The molecule has 2 nitrogen and oxygen atoms in total. The first-order valence-corrected chi connectivity index (χ1v) is 3.92. The molecule has 12 heavy (non-hydrogen) atoms. The van der Waals surface area contributed by atoms with Crippen LogP contribution < -0.4 is 0 Å². The van der Waals surface area contributed by atoms with E-state index < -0.39 is 0 Å². The molecule has 0 saturated heterocycles. The van der Waals surface area contributed by atoms with Gasteiger partial charge in [0.05, 0.1) is 17.7 Å². The Morgan fingerprint density at radius 1 is 1.50 bits per heavy atom. The zero-order valence-corrected chi connectivity index (χ0v) is 7.77. The molecule has 0 unspecified atom stereocenters. The molecule has 1 rings (SSSR count). The Bertz CT molecular complexity index is 309. The molecular weight excluding hydrogens is 174 g/mol. The number of aryl methyl sites for hydroxylation is 1. The smallest absolute Gasteiger partial charge is 0.214 e. The van der Waals surface area contributed by atoms with Crippen LogP contribution in [-0.4, -0.2) is 13.0 Å². The lowest BCUT2D eigenvalue weighted by Crippen LogP contribution is -2.01. The highest BCUT2D eigenvalue weighted by Crippen LogP contribution is 2.17. The van der Waals surface area contributed by atoms with E-state index in [1.165, 1.54) is 7.11 Å². The summed E-state index contributed by atoms with van der Waals surface area (Å²) in [6.45, 7) is 1.95. The third-order valence-electron chi connectivity index (χ3n) is 1.57. The van der Waals surface area contributed by atoms with Crippen LogP contribution >= 0.6 is 11.6 Å². The van der Waals surface area contributed by atoms with Crippen LogP contribution in [0.3, 0.4) is 0 Å². The minimum atomic E-state index is 0.0972. The van der Waals surface area contributed by atoms with Gasteiger partial charge in [0, 0.05) is 0 Å². The Morgan fingerprint density at radius 3 is 2.67 bits per heavy atom. The van der Waals surface area contributed by atoms with Crippen molar-refractivity contribution in [3.05, 3.63) is 34.3 Å². The van der Waals surface area contributed by atoms with Gasteiger partial charge in [-0.05, 0) is 24.6 Å². The fraction of sp³-hybridized carbons (Fsp3) is 0.222. The fourth-order valence-corrected chi connectivity index (χ4v) is 1.24. The number of hydrogen-bond acceptors (Lipinski definition) is 2. The zero-order chi connectivity index (χ0) is 9.14. The summed E-state index contributed by atoms with van der Waals surface area (Å²) in [5, 5.41) is 7.94. The highest BCUT2D eigenvalue weighted by atomic mass is 35.5. The number of halogens is 1. The molecule has 0 amide bonds. The third kappa shape index (κ3) is 1.77. The summed E-state index contributed by atoms with van der Waals surface area (Å²) >= 11 is 5.88. The van der Waals surface area contributed by atoms with Gasteiger partial charge in [-0.15, -0.1) is 0 Å². The molecule has 0 radical (unpaired) electrons. The number of methoxy groups -OCH3 is 1. The van der Waals surface area contributed by atoms with Crippen LogP contribution in [0.25, 0.3) is 0 Å². The van der Waals surface area contributed by atoms with Crippen LogP contribution in [0.4, 0.5) is 0 Å². The second-order valence-electron chi connectivity index (χ2n) is 2.52. The van der Waals surface area contributed by atoms with E-state index in [1.807, 2.05) is 19.1 Å². The lowest BCUT2D eigenvalue weighted by atomic mass is 10.1. The highest BCUT2D eigenvalue weighted by molar-refractivity contribution is 6.33. The van der Waals surface area contributed by atoms with E-state index >= 15 is 0 Å². The maximum atomic E-state index is 7.38. The average Bonchev–Trinajstić information content (AvgIpc) is 2.03. The lowest BCUT2D eigenvalue weighted by Gasteiger charge is -2.04. The molecule has 0 spiro atoms. The summed E-state index contributed by atoms with van der Waals surface area (Å²) in [4.78, 5) is 0. The molecule has 0 aliphatic rings. The number of ether oxygens (including phenoxy) is 1. The summed E-state index contributed by atoms with van der Waals surface area (Å²) in [5.74, 6) is 0.0972. The van der Waals surface area contributed by atoms with Crippen molar-refractivity contribution in [2.24, 2.45) is 0 Å². The number of nitrogens with one attached hydrogen (secondary N) is 1. The van der Waals surface area contributed by atoms with Gasteiger partial charge in [-0.3, -0.25) is 5.41 Å². The van der Waals surface area contributed by atoms with Crippen LogP contribution in [0, 0.1) is 12.3 Å². The zero-order valence-electron chi connectivity index (χ0n) is 7.02. The van der Waals surface area contributed by atoms with E-state index in [0.29, 0.717) is 10.6 Å². The Morgan fingerprint density at radius 2 is 2.17 bits per heavy atom. The van der Waals surface area contributed by atoms with Crippen molar-refractivity contribution in [1.82, 2.24) is 0 Å². The van der Waals surface area contributed by atoms with E-state index in [2.05, 4.69) is 0 Å². The van der Waals surface area contributed by atoms with Crippen molar-refractivity contribution in [3.8, 4) is 0 Å². The van der Waals surface area contributed by atoms with Gasteiger partial charge in [0.15, 0.2) is 0 Å². The molecule has 0 aliphatic carbocycles. The standard InChI is InChI=1S/C9H10ClNO/c1-6-3-4-7(8(10)5-6)9(11)12-2/h3-5,11H,1-2H3. The molecule has 1 aromatic rings. The summed E-state index contributed by atoms with van der Waals surface area (Å²) in [5.41, 5.74) is 1.71. The maximum absolute atomic E-state index is 7.38. The Kier molecular flexibility index (Phi) is 2.71. The monoisotopic (exact) mass is 183 g/mol. The predicted octanol–water partition coefficient (Wildman–Crippen LogP) is 2.62. The van der Waals surface area contributed by atoms with Crippen LogP contribution in [-0.2, 0) is 4.74 Å². The summed E-state index contributed by atoms with van der Waals surface area (Å²) in [6.07, 6.45) is 0. The molecule has 0 atom stereocenters. The molecule has 1 aromatic carbocycles. The minimum Gasteiger partial charge on any atom is -0.481 e. The quantitative estimate of drug-likeness (QED) is 0.527. The van der Waals surface area contributed by atoms with Crippen LogP contribution in [0.15, 0.2) is 18.2 Å². The molecule has 0 aromatic heterocycles. The van der Waals surface area contributed by atoms with Crippen molar-refractivity contribution in [2.75, 3.05) is 7.11 Å². The second kappa shape index (κ2) is 3.59. The average molecular weight is 184 g/mol. The molecule has 0 fully saturated rings. The summed E-state index contributed by atoms with van der Waals surface area (Å²) in [7, 11) is 1.46. The van der Waals surface area contributed by atoms with Gasteiger partial charge >= 0.3 is 0 Å². The van der Waals surface area contributed by atoms with Crippen molar-refractivity contribution in [1.29, 1.82) is 5.41 Å². The van der Waals surface area contributed by atoms with Gasteiger partial charge in [0.25, 0.3) is 0 Å². The van der Waals surface area contributed by atoms with E-state index in [4.69, 9.17) is 21.7 Å². The SMILES string of the molecule is COC(=N)c1ccc(C)cc1Cl. The number of rotatable bonds is 1. The molecule has 64 valence electrons. The Hall–Kier alpha value is -1.02. The van der Waals surface area contributed by atoms with E-state index in [0.717, 1.165) is 5.56 Å². The Balaban J connectivity index is 3.09. The van der Waals surface area contributed by atoms with Gasteiger partial charge in [-0.2, -0.15) is 0 Å². The van der Waals surface area contributed by atoms with Gasteiger partial charge in [0.2, 0.25) is 5.90 Å². The normalized spacial score (nSPS) is 9.58. The van der Waals surface area contributed by atoms with E-state index in [9.17, 15) is 0 Å². The van der Waals surface area contributed by atoms with Crippen LogP contribution in [0.1, 0.15) is 11.1 Å². The van der Waals surface area contributed by atoms with Crippen molar-refractivity contribution in [3.63, 3.8) is 0 Å². The first kappa shape index (κ1) is 9.07. The molecule has 0 heterocycles. The first-order valence-electron chi connectivity index (χ1n) is 3.54. The maximum Gasteiger partial charge on any atom is 0.214 e. The first-order chi connectivity index (χ1) is 5.65. The Labute approximate surface area is 76.6 Å². The fourth-order valence-electron chi connectivity index (χ4n) is 0.914. The molecule has 3 heteroatoms. The molecule has 0 aliphatic heterocycles. The molecular formula is C9H10ClNO. The van der Waals surface area contributed by atoms with Crippen LogP contribution in [0.5, 0.6) is 0 Å². The number of hydrogen-bond donors (Lipinski definition) is 1. The van der Waals surface area contributed by atoms with Crippen LogP contribution in [0.2, 0.25) is 5.02 Å². The molecule has 0 saturated carbocycles. The lowest BCUT2D eigenvalue weighted by molar-refractivity contribution is 0.401. The second-order valence-corrected chi connectivity index (χ2v) is 2.92. The van der Waals surface area contributed by atoms with E-state index in [1.54, 1.807) is 6.07 Å². The van der Waals surface area contributed by atoms with E-state index in [-0.39, 0.29) is 5.90 Å². The predicted molar refractivity (Wildman–Crippen MR) is 50.0 cm³/mol.